The fourth-order valence-corrected chi connectivity index (χ4v) is 2.88. The summed E-state index contributed by atoms with van der Waals surface area (Å²) in [6.07, 6.45) is 3.00. The van der Waals surface area contributed by atoms with Gasteiger partial charge in [0.2, 0.25) is 5.91 Å². The van der Waals surface area contributed by atoms with Crippen LogP contribution in [0.1, 0.15) is 24.3 Å². The molecule has 0 atom stereocenters. The third-order valence-electron chi connectivity index (χ3n) is 3.97. The van der Waals surface area contributed by atoms with Crippen molar-refractivity contribution in [3.63, 3.8) is 0 Å². The number of nitrogens with zero attached hydrogens (tertiary/aromatic N) is 2. The highest BCUT2D eigenvalue weighted by Crippen LogP contribution is 2.41. The number of para-hydroxylation sites is 1. The van der Waals surface area contributed by atoms with Gasteiger partial charge in [0.05, 0.1) is 36.7 Å². The number of benzene rings is 1. The minimum absolute atomic E-state index is 0.0200. The van der Waals surface area contributed by atoms with Crippen LogP contribution in [0, 0.1) is 5.92 Å². The zero-order valence-corrected chi connectivity index (χ0v) is 12.2. The number of fused-ring (bicyclic) bond motifs is 1. The topological polar surface area (TPSA) is 51.7 Å². The number of carbonyl (C=O) groups excluding carboxylic acids is 1. The fourth-order valence-electron chi connectivity index (χ4n) is 2.88. The monoisotopic (exact) mass is 295 g/mol. The third kappa shape index (κ3) is 2.01. The number of aromatic nitrogens is 1. The van der Waals surface area contributed by atoms with Crippen molar-refractivity contribution in [3.8, 4) is 0 Å². The molecular formula is C17H15N2O3. The zero-order chi connectivity index (χ0) is 15.1. The van der Waals surface area contributed by atoms with Crippen molar-refractivity contribution in [2.24, 2.45) is 0 Å². The van der Waals surface area contributed by atoms with Gasteiger partial charge in [-0.3, -0.25) is 14.7 Å². The predicted molar refractivity (Wildman–Crippen MR) is 80.5 cm³/mol. The molecule has 0 bridgehead atoms. The molecule has 0 spiro atoms. The highest BCUT2D eigenvalue weighted by atomic mass is 16.7. The maximum absolute atomic E-state index is 12.6. The van der Waals surface area contributed by atoms with E-state index in [0.29, 0.717) is 13.2 Å². The molecule has 1 radical (unpaired) electrons. The Balaban J connectivity index is 1.76. The molecule has 5 heteroatoms. The van der Waals surface area contributed by atoms with Gasteiger partial charge < -0.3 is 9.47 Å². The highest BCUT2D eigenvalue weighted by Gasteiger charge is 2.36. The smallest absolute Gasteiger partial charge is 0.243 e. The van der Waals surface area contributed by atoms with Gasteiger partial charge >= 0.3 is 0 Å². The lowest BCUT2D eigenvalue weighted by Crippen LogP contribution is -2.23. The van der Waals surface area contributed by atoms with E-state index < -0.39 is 6.29 Å². The average molecular weight is 295 g/mol. The number of ether oxygens (including phenoxy) is 2. The molecule has 5 nitrogen and oxygen atoms in total. The normalized spacial score (nSPS) is 19.0. The molecule has 22 heavy (non-hydrogen) atoms. The molecule has 1 fully saturated rings. The van der Waals surface area contributed by atoms with Gasteiger partial charge in [0.1, 0.15) is 0 Å². The minimum atomic E-state index is -0.398. The van der Waals surface area contributed by atoms with Crippen LogP contribution in [0.4, 0.5) is 11.4 Å². The molecule has 0 unspecified atom stereocenters. The summed E-state index contributed by atoms with van der Waals surface area (Å²) in [4.78, 5) is 18.5. The summed E-state index contributed by atoms with van der Waals surface area (Å²) < 4.78 is 11.0. The molecule has 0 saturated carbocycles. The van der Waals surface area contributed by atoms with Crippen LogP contribution in [0.5, 0.6) is 0 Å². The second-order valence-electron chi connectivity index (χ2n) is 5.33. The molecule has 1 aromatic carbocycles. The van der Waals surface area contributed by atoms with Crippen LogP contribution in [0.3, 0.4) is 0 Å². The van der Waals surface area contributed by atoms with Gasteiger partial charge in [0.25, 0.3) is 0 Å². The maximum Gasteiger partial charge on any atom is 0.243 e. The number of anilines is 2. The molecule has 1 amide bonds. The lowest BCUT2D eigenvalue weighted by Gasteiger charge is -2.19. The third-order valence-corrected chi connectivity index (χ3v) is 3.97. The van der Waals surface area contributed by atoms with Crippen LogP contribution in [-0.2, 0) is 14.3 Å². The number of pyridine rings is 1. The van der Waals surface area contributed by atoms with E-state index in [2.05, 4.69) is 4.98 Å². The zero-order valence-electron chi connectivity index (χ0n) is 12.2. The van der Waals surface area contributed by atoms with E-state index in [1.165, 1.54) is 0 Å². The molecule has 2 aromatic rings. The highest BCUT2D eigenvalue weighted by molar-refractivity contribution is 6.16. The standard InChI is InChI=1S/C17H15N2O3/c1-11-14-4-2-3-5-15(14)19(16(11)20)13-8-12(9-18-10-13)17-21-6-7-22-17/h2-5,8-10,17H,6-7H2,1H3. The molecule has 3 heterocycles. The maximum atomic E-state index is 12.6. The van der Waals surface area contributed by atoms with Gasteiger partial charge in [-0.2, -0.15) is 0 Å². The van der Waals surface area contributed by atoms with Gasteiger partial charge in [-0.25, -0.2) is 0 Å². The summed E-state index contributed by atoms with van der Waals surface area (Å²) in [5.74, 6) is 0.725. The molecule has 4 rings (SSSR count). The summed E-state index contributed by atoms with van der Waals surface area (Å²) in [6, 6.07) is 9.67. The van der Waals surface area contributed by atoms with Crippen LogP contribution in [0.15, 0.2) is 42.7 Å². The lowest BCUT2D eigenvalue weighted by molar-refractivity contribution is -0.115. The average Bonchev–Trinajstić information content (AvgIpc) is 3.17. The van der Waals surface area contributed by atoms with E-state index >= 15 is 0 Å². The number of hydrogen-bond donors (Lipinski definition) is 0. The van der Waals surface area contributed by atoms with E-state index in [0.717, 1.165) is 28.4 Å². The van der Waals surface area contributed by atoms with Crippen molar-refractivity contribution < 1.29 is 14.3 Å². The molecule has 0 N–H and O–H groups in total. The van der Waals surface area contributed by atoms with E-state index in [9.17, 15) is 4.79 Å². The Morgan fingerprint density at radius 1 is 1.18 bits per heavy atom. The summed E-state index contributed by atoms with van der Waals surface area (Å²) in [5, 5.41) is 0. The Morgan fingerprint density at radius 2 is 1.95 bits per heavy atom. The Hall–Kier alpha value is -2.24. The van der Waals surface area contributed by atoms with Crippen molar-refractivity contribution in [1.29, 1.82) is 0 Å². The van der Waals surface area contributed by atoms with Gasteiger partial charge in [0, 0.05) is 11.8 Å². The Kier molecular flexibility index (Phi) is 3.17. The van der Waals surface area contributed by atoms with E-state index in [-0.39, 0.29) is 5.91 Å². The molecular weight excluding hydrogens is 280 g/mol. The second-order valence-corrected chi connectivity index (χ2v) is 5.33. The van der Waals surface area contributed by atoms with Gasteiger partial charge in [-0.15, -0.1) is 0 Å². The summed E-state index contributed by atoms with van der Waals surface area (Å²) in [5.41, 5.74) is 3.40. The van der Waals surface area contributed by atoms with E-state index in [1.54, 1.807) is 17.3 Å². The summed E-state index contributed by atoms with van der Waals surface area (Å²) >= 11 is 0. The molecule has 2 aliphatic heterocycles. The van der Waals surface area contributed by atoms with Crippen molar-refractivity contribution in [3.05, 3.63) is 59.8 Å². The van der Waals surface area contributed by atoms with Gasteiger partial charge in [-0.05, 0) is 24.6 Å². The van der Waals surface area contributed by atoms with Crippen LogP contribution in [0.2, 0.25) is 0 Å². The van der Waals surface area contributed by atoms with Crippen LogP contribution >= 0.6 is 0 Å². The van der Waals surface area contributed by atoms with Crippen molar-refractivity contribution in [2.45, 2.75) is 13.2 Å². The molecule has 1 saturated heterocycles. The van der Waals surface area contributed by atoms with Crippen molar-refractivity contribution >= 4 is 17.3 Å². The first-order chi connectivity index (χ1) is 10.8. The predicted octanol–water partition coefficient (Wildman–Crippen LogP) is 2.75. The van der Waals surface area contributed by atoms with E-state index in [4.69, 9.17) is 9.47 Å². The van der Waals surface area contributed by atoms with Crippen LogP contribution in [-0.4, -0.2) is 24.1 Å². The SMILES string of the molecule is C[C]1C(=O)N(c2cncc(C3OCCO3)c2)c2ccccc21. The number of carbonyl (C=O) groups is 1. The van der Waals surface area contributed by atoms with Crippen LogP contribution < -0.4 is 4.90 Å². The molecule has 2 aliphatic rings. The molecule has 111 valence electrons. The Labute approximate surface area is 128 Å². The Bertz CT molecular complexity index is 725. The van der Waals surface area contributed by atoms with Crippen molar-refractivity contribution in [1.82, 2.24) is 4.98 Å². The second kappa shape index (κ2) is 5.19. The minimum Gasteiger partial charge on any atom is -0.346 e. The first-order valence-corrected chi connectivity index (χ1v) is 7.21. The van der Waals surface area contributed by atoms with Crippen LogP contribution in [0.25, 0.3) is 0 Å². The molecule has 0 aliphatic carbocycles. The molecule has 1 aromatic heterocycles. The van der Waals surface area contributed by atoms with Gasteiger partial charge in [-0.1, -0.05) is 18.2 Å². The number of amides is 1. The first kappa shape index (κ1) is 13.4. The number of rotatable bonds is 2. The quantitative estimate of drug-likeness (QED) is 0.855. The Morgan fingerprint density at radius 3 is 2.77 bits per heavy atom. The van der Waals surface area contributed by atoms with Gasteiger partial charge in [0.15, 0.2) is 6.29 Å². The number of hydrogen-bond acceptors (Lipinski definition) is 4. The first-order valence-electron chi connectivity index (χ1n) is 7.21. The summed E-state index contributed by atoms with van der Waals surface area (Å²) in [7, 11) is 0. The fraction of sp³-hybridized carbons (Fsp3) is 0.235. The largest absolute Gasteiger partial charge is 0.346 e. The summed E-state index contributed by atoms with van der Waals surface area (Å²) in [6.45, 7) is 3.00. The lowest BCUT2D eigenvalue weighted by atomic mass is 10.0. The van der Waals surface area contributed by atoms with E-state index in [1.807, 2.05) is 37.3 Å². The van der Waals surface area contributed by atoms with Crippen molar-refractivity contribution in [2.75, 3.05) is 18.1 Å².